The summed E-state index contributed by atoms with van der Waals surface area (Å²) in [5, 5.41) is 5.15. The number of amides is 1. The highest BCUT2D eigenvalue weighted by Crippen LogP contribution is 2.31. The lowest BCUT2D eigenvalue weighted by molar-refractivity contribution is -0.0512. The lowest BCUT2D eigenvalue weighted by atomic mass is 10.1. The van der Waals surface area contributed by atoms with Gasteiger partial charge in [-0.1, -0.05) is 12.1 Å². The zero-order valence-electron chi connectivity index (χ0n) is 15.4. The quantitative estimate of drug-likeness (QED) is 0.751. The van der Waals surface area contributed by atoms with Crippen molar-refractivity contribution in [2.75, 3.05) is 14.2 Å². The van der Waals surface area contributed by atoms with Crippen LogP contribution in [0.5, 0.6) is 11.5 Å². The number of carbonyl (C=O) groups is 1. The Kier molecular flexibility index (Phi) is 6.57. The van der Waals surface area contributed by atoms with Crippen LogP contribution in [-0.2, 0) is 10.0 Å². The largest absolute Gasteiger partial charge is 0.493 e. The first-order valence-corrected chi connectivity index (χ1v) is 9.62. The number of halogens is 2. The van der Waals surface area contributed by atoms with Gasteiger partial charge in [-0.25, -0.2) is 13.6 Å². The number of alkyl halides is 2. The molecule has 0 radical (unpaired) electrons. The number of benzene rings is 2. The van der Waals surface area contributed by atoms with E-state index in [1.807, 2.05) is 0 Å². The van der Waals surface area contributed by atoms with Crippen LogP contribution in [0.25, 0.3) is 0 Å². The van der Waals surface area contributed by atoms with E-state index in [1.54, 1.807) is 13.0 Å². The monoisotopic (exact) mass is 414 g/mol. The minimum atomic E-state index is -3.88. The van der Waals surface area contributed by atoms with Crippen LogP contribution >= 0.6 is 0 Å². The van der Waals surface area contributed by atoms with Gasteiger partial charge in [0.25, 0.3) is 5.91 Å². The number of methoxy groups -OCH3 is 1. The number of sulfonamides is 1. The molecule has 152 valence electrons. The molecule has 0 aliphatic rings. The molecule has 0 heterocycles. The maximum Gasteiger partial charge on any atom is 0.387 e. The van der Waals surface area contributed by atoms with Crippen LogP contribution in [0.15, 0.2) is 47.4 Å². The second-order valence-electron chi connectivity index (χ2n) is 5.95. The summed E-state index contributed by atoms with van der Waals surface area (Å²) in [6.07, 6.45) is 0. The highest BCUT2D eigenvalue weighted by atomic mass is 32.2. The van der Waals surface area contributed by atoms with Gasteiger partial charge in [0.2, 0.25) is 10.0 Å². The number of ether oxygens (including phenoxy) is 2. The summed E-state index contributed by atoms with van der Waals surface area (Å²) < 4.78 is 57.3. The van der Waals surface area contributed by atoms with Gasteiger partial charge in [-0.3, -0.25) is 4.79 Å². The van der Waals surface area contributed by atoms with E-state index in [0.29, 0.717) is 5.56 Å². The molecule has 2 N–H and O–H groups in total. The second kappa shape index (κ2) is 8.53. The van der Waals surface area contributed by atoms with E-state index in [2.05, 4.69) is 4.74 Å². The molecular weight excluding hydrogens is 394 g/mol. The molecule has 1 atom stereocenters. The van der Waals surface area contributed by atoms with Crippen molar-refractivity contribution >= 4 is 15.9 Å². The molecular formula is C18H20F2N2O5S. The van der Waals surface area contributed by atoms with Crippen LogP contribution in [0, 0.1) is 0 Å². The molecule has 1 amide bonds. The first kappa shape index (κ1) is 21.6. The Morgan fingerprint density at radius 3 is 2.39 bits per heavy atom. The maximum atomic E-state index is 12.8. The molecule has 0 saturated heterocycles. The van der Waals surface area contributed by atoms with Crippen molar-refractivity contribution in [2.45, 2.75) is 24.5 Å². The van der Waals surface area contributed by atoms with Crippen LogP contribution in [0.4, 0.5) is 8.78 Å². The molecule has 0 aliphatic carbocycles. The van der Waals surface area contributed by atoms with Gasteiger partial charge in [0.05, 0.1) is 18.0 Å². The Bertz CT molecular complexity index is 966. The molecule has 10 heteroatoms. The Morgan fingerprint density at radius 1 is 1.14 bits per heavy atom. The smallest absolute Gasteiger partial charge is 0.387 e. The third kappa shape index (κ3) is 4.96. The standard InChI is InChI=1S/C18H20F2N2O5S/c1-11(12-5-4-6-14(9-12)28(21,24)25)22(2)17(23)13-7-8-15(27-18(19)20)16(10-13)26-3/h4-11,18H,1-3H3,(H2,21,24,25). The number of hydrogen-bond donors (Lipinski definition) is 1. The first-order valence-electron chi connectivity index (χ1n) is 8.07. The van der Waals surface area contributed by atoms with Gasteiger partial charge < -0.3 is 14.4 Å². The fourth-order valence-corrected chi connectivity index (χ4v) is 3.12. The van der Waals surface area contributed by atoms with E-state index in [1.165, 1.54) is 55.5 Å². The lowest BCUT2D eigenvalue weighted by Crippen LogP contribution is -2.29. The fraction of sp³-hybridized carbons (Fsp3) is 0.278. The number of hydrogen-bond acceptors (Lipinski definition) is 5. The van der Waals surface area contributed by atoms with Gasteiger partial charge >= 0.3 is 6.61 Å². The summed E-state index contributed by atoms with van der Waals surface area (Å²) in [4.78, 5) is 14.1. The normalized spacial score (nSPS) is 12.5. The molecule has 2 aromatic carbocycles. The molecule has 28 heavy (non-hydrogen) atoms. The summed E-state index contributed by atoms with van der Waals surface area (Å²) in [5.74, 6) is -0.621. The number of nitrogens with two attached hydrogens (primary N) is 1. The molecule has 0 spiro atoms. The van der Waals surface area contributed by atoms with Crippen LogP contribution in [0.1, 0.15) is 28.9 Å². The predicted octanol–water partition coefficient (Wildman–Crippen LogP) is 2.78. The molecule has 0 aromatic heterocycles. The van der Waals surface area contributed by atoms with Gasteiger partial charge in [0, 0.05) is 12.6 Å². The average Bonchev–Trinajstić information content (AvgIpc) is 2.65. The Balaban J connectivity index is 2.29. The van der Waals surface area contributed by atoms with Crippen molar-refractivity contribution < 1.29 is 31.5 Å². The highest BCUT2D eigenvalue weighted by Gasteiger charge is 2.22. The van der Waals surface area contributed by atoms with Crippen LogP contribution in [0.3, 0.4) is 0 Å². The molecule has 2 aromatic rings. The van der Waals surface area contributed by atoms with Gasteiger partial charge in [0.1, 0.15) is 0 Å². The Morgan fingerprint density at radius 2 is 1.82 bits per heavy atom. The Labute approximate surface area is 161 Å². The topological polar surface area (TPSA) is 98.9 Å². The summed E-state index contributed by atoms with van der Waals surface area (Å²) in [6.45, 7) is -1.31. The molecule has 0 bridgehead atoms. The van der Waals surface area contributed by atoms with Crippen LogP contribution in [0.2, 0.25) is 0 Å². The number of rotatable bonds is 7. The number of carbonyl (C=O) groups excluding carboxylic acids is 1. The molecule has 0 fully saturated rings. The minimum Gasteiger partial charge on any atom is -0.493 e. The first-order chi connectivity index (χ1) is 13.0. The molecule has 0 saturated carbocycles. The molecule has 2 rings (SSSR count). The van der Waals surface area contributed by atoms with E-state index < -0.39 is 28.6 Å². The van der Waals surface area contributed by atoms with Crippen LogP contribution in [-0.4, -0.2) is 40.0 Å². The van der Waals surface area contributed by atoms with Crippen molar-refractivity contribution in [3.05, 3.63) is 53.6 Å². The molecule has 0 aliphatic heterocycles. The van der Waals surface area contributed by atoms with Crippen molar-refractivity contribution in [3.8, 4) is 11.5 Å². The minimum absolute atomic E-state index is 0.0107. The SMILES string of the molecule is COc1cc(C(=O)N(C)C(C)c2cccc(S(N)(=O)=O)c2)ccc1OC(F)F. The van der Waals surface area contributed by atoms with Crippen molar-refractivity contribution in [1.29, 1.82) is 0 Å². The predicted molar refractivity (Wildman–Crippen MR) is 97.9 cm³/mol. The van der Waals surface area contributed by atoms with E-state index in [0.717, 1.165) is 0 Å². The van der Waals surface area contributed by atoms with Gasteiger partial charge in [-0.05, 0) is 42.8 Å². The Hall–Kier alpha value is -2.72. The third-order valence-corrected chi connectivity index (χ3v) is 5.11. The van der Waals surface area contributed by atoms with E-state index in [-0.39, 0.29) is 22.0 Å². The van der Waals surface area contributed by atoms with Gasteiger partial charge in [-0.2, -0.15) is 8.78 Å². The summed E-state index contributed by atoms with van der Waals surface area (Å²) >= 11 is 0. The average molecular weight is 414 g/mol. The number of nitrogens with zero attached hydrogens (tertiary/aromatic N) is 1. The van der Waals surface area contributed by atoms with Gasteiger partial charge in [-0.15, -0.1) is 0 Å². The zero-order chi connectivity index (χ0) is 21.1. The molecule has 7 nitrogen and oxygen atoms in total. The molecule has 1 unspecified atom stereocenters. The maximum absolute atomic E-state index is 12.8. The van der Waals surface area contributed by atoms with E-state index >= 15 is 0 Å². The summed E-state index contributed by atoms with van der Waals surface area (Å²) in [7, 11) is -1.07. The number of primary sulfonamides is 1. The van der Waals surface area contributed by atoms with Crippen molar-refractivity contribution in [2.24, 2.45) is 5.14 Å². The van der Waals surface area contributed by atoms with E-state index in [9.17, 15) is 22.0 Å². The zero-order valence-corrected chi connectivity index (χ0v) is 16.2. The van der Waals surface area contributed by atoms with Gasteiger partial charge in [0.15, 0.2) is 11.5 Å². The van der Waals surface area contributed by atoms with Crippen LogP contribution < -0.4 is 14.6 Å². The highest BCUT2D eigenvalue weighted by molar-refractivity contribution is 7.89. The van der Waals surface area contributed by atoms with Crippen molar-refractivity contribution in [3.63, 3.8) is 0 Å². The van der Waals surface area contributed by atoms with Crippen molar-refractivity contribution in [1.82, 2.24) is 4.90 Å². The fourth-order valence-electron chi connectivity index (χ4n) is 2.55. The lowest BCUT2D eigenvalue weighted by Gasteiger charge is -2.26. The van der Waals surface area contributed by atoms with E-state index in [4.69, 9.17) is 9.88 Å². The third-order valence-electron chi connectivity index (χ3n) is 4.20. The summed E-state index contributed by atoms with van der Waals surface area (Å²) in [5.41, 5.74) is 0.752. The second-order valence-corrected chi connectivity index (χ2v) is 7.52. The summed E-state index contributed by atoms with van der Waals surface area (Å²) in [6, 6.07) is 9.32.